The zero-order valence-electron chi connectivity index (χ0n) is 23.0. The third-order valence-electron chi connectivity index (χ3n) is 6.46. The van der Waals surface area contributed by atoms with Crippen molar-refractivity contribution < 1.29 is 18.8 Å². The number of fused-ring (bicyclic) bond motifs is 1. The maximum atomic E-state index is 12.8. The normalized spacial score (nSPS) is 13.3. The van der Waals surface area contributed by atoms with E-state index >= 15 is 0 Å². The Morgan fingerprint density at radius 3 is 2.54 bits per heavy atom. The number of esters is 1. The van der Waals surface area contributed by atoms with E-state index in [-0.39, 0.29) is 24.7 Å². The van der Waals surface area contributed by atoms with Crippen LogP contribution >= 0.6 is 0 Å². The Hall–Kier alpha value is -4.19. The van der Waals surface area contributed by atoms with Gasteiger partial charge in [0.25, 0.3) is 5.89 Å². The van der Waals surface area contributed by atoms with Crippen molar-refractivity contribution in [2.24, 2.45) is 0 Å². The number of anilines is 1. The first-order valence-corrected chi connectivity index (χ1v) is 13.4. The number of hydrogen-bond donors (Lipinski definition) is 1. The topological polar surface area (TPSA) is 121 Å². The lowest BCUT2D eigenvalue weighted by Gasteiger charge is -2.22. The van der Waals surface area contributed by atoms with Gasteiger partial charge in [-0.05, 0) is 75.4 Å². The summed E-state index contributed by atoms with van der Waals surface area (Å²) in [5, 5.41) is 17.0. The quantitative estimate of drug-likeness (QED) is 0.398. The number of nitriles is 1. The highest BCUT2D eigenvalue weighted by Gasteiger charge is 2.22. The number of aromatic nitrogens is 2. The molecule has 39 heavy (non-hydrogen) atoms. The Morgan fingerprint density at radius 2 is 1.82 bits per heavy atom. The van der Waals surface area contributed by atoms with Gasteiger partial charge in [-0.25, -0.2) is 0 Å². The van der Waals surface area contributed by atoms with Crippen LogP contribution in [-0.4, -0.2) is 52.2 Å². The first-order chi connectivity index (χ1) is 18.7. The molecule has 2 aromatic carbocycles. The molecule has 0 saturated carbocycles. The van der Waals surface area contributed by atoms with E-state index in [0.717, 1.165) is 36.2 Å². The summed E-state index contributed by atoms with van der Waals surface area (Å²) in [4.78, 5) is 31.2. The smallest absolute Gasteiger partial charge is 0.306 e. The van der Waals surface area contributed by atoms with Gasteiger partial charge in [0.05, 0.1) is 17.7 Å². The maximum absolute atomic E-state index is 12.8. The molecule has 1 amide bonds. The minimum absolute atomic E-state index is 0.0376. The molecule has 0 bridgehead atoms. The fraction of sp³-hybridized carbons (Fsp3) is 0.433. The summed E-state index contributed by atoms with van der Waals surface area (Å²) < 4.78 is 10.9. The predicted molar refractivity (Wildman–Crippen MR) is 148 cm³/mol. The van der Waals surface area contributed by atoms with E-state index in [1.54, 1.807) is 6.07 Å². The van der Waals surface area contributed by atoms with Gasteiger partial charge in [-0.15, -0.1) is 0 Å². The standard InChI is InChI=1S/C30H35N5O4/c1-5-14-32-25-9-8-23(18-24(25)19-31)29-33-28(34-39-29)22-7-6-20-12-15-35(16-13-21(20)17-22)26(36)10-11-27(37)38-30(2,3)4/h6-9,17-18,32H,5,10-16H2,1-4H3. The van der Waals surface area contributed by atoms with Crippen LogP contribution in [0.5, 0.6) is 0 Å². The molecule has 0 saturated heterocycles. The summed E-state index contributed by atoms with van der Waals surface area (Å²) in [5.74, 6) is 0.421. The highest BCUT2D eigenvalue weighted by molar-refractivity contribution is 5.81. The van der Waals surface area contributed by atoms with Crippen LogP contribution in [0.25, 0.3) is 22.8 Å². The molecule has 0 fully saturated rings. The Balaban J connectivity index is 1.42. The van der Waals surface area contributed by atoms with Crippen LogP contribution in [0.2, 0.25) is 0 Å². The van der Waals surface area contributed by atoms with Gasteiger partial charge in [0.2, 0.25) is 11.7 Å². The van der Waals surface area contributed by atoms with Crippen molar-refractivity contribution in [1.29, 1.82) is 5.26 Å². The van der Waals surface area contributed by atoms with E-state index in [4.69, 9.17) is 9.26 Å². The van der Waals surface area contributed by atoms with Crippen molar-refractivity contribution in [3.8, 4) is 28.9 Å². The highest BCUT2D eigenvalue weighted by Crippen LogP contribution is 2.28. The lowest BCUT2D eigenvalue weighted by molar-refractivity contribution is -0.156. The number of carbonyl (C=O) groups excluding carboxylic acids is 2. The minimum atomic E-state index is -0.558. The zero-order valence-corrected chi connectivity index (χ0v) is 23.0. The van der Waals surface area contributed by atoms with Crippen LogP contribution in [-0.2, 0) is 27.2 Å². The lowest BCUT2D eigenvalue weighted by atomic mass is 10.00. The molecule has 1 aliphatic heterocycles. The van der Waals surface area contributed by atoms with Crippen molar-refractivity contribution in [2.75, 3.05) is 25.0 Å². The monoisotopic (exact) mass is 529 g/mol. The molecule has 3 aromatic rings. The molecule has 9 nitrogen and oxygen atoms in total. The maximum Gasteiger partial charge on any atom is 0.306 e. The molecule has 2 heterocycles. The second-order valence-electron chi connectivity index (χ2n) is 10.7. The molecule has 1 N–H and O–H groups in total. The van der Waals surface area contributed by atoms with Crippen molar-refractivity contribution in [2.45, 2.75) is 65.4 Å². The van der Waals surface area contributed by atoms with E-state index in [1.165, 1.54) is 5.56 Å². The molecule has 1 aromatic heterocycles. The van der Waals surface area contributed by atoms with Gasteiger partial charge in [0.15, 0.2) is 0 Å². The third kappa shape index (κ3) is 7.23. The molecule has 0 spiro atoms. The molecule has 0 atom stereocenters. The second kappa shape index (κ2) is 12.1. The fourth-order valence-corrected chi connectivity index (χ4v) is 4.51. The summed E-state index contributed by atoms with van der Waals surface area (Å²) >= 11 is 0. The van der Waals surface area contributed by atoms with Crippen molar-refractivity contribution in [3.63, 3.8) is 0 Å². The molecular weight excluding hydrogens is 494 g/mol. The Labute approximate surface area is 229 Å². The third-order valence-corrected chi connectivity index (χ3v) is 6.46. The molecule has 4 rings (SSSR count). The average molecular weight is 530 g/mol. The van der Waals surface area contributed by atoms with Crippen LogP contribution in [0, 0.1) is 11.3 Å². The van der Waals surface area contributed by atoms with Gasteiger partial charge in [0, 0.05) is 37.2 Å². The average Bonchev–Trinajstić information content (AvgIpc) is 3.30. The van der Waals surface area contributed by atoms with Gasteiger partial charge in [-0.1, -0.05) is 24.2 Å². The summed E-state index contributed by atoms with van der Waals surface area (Å²) in [5.41, 5.74) is 4.58. The van der Waals surface area contributed by atoms with Crippen molar-refractivity contribution in [1.82, 2.24) is 15.0 Å². The molecule has 0 radical (unpaired) electrons. The van der Waals surface area contributed by atoms with Crippen LogP contribution in [0.15, 0.2) is 40.9 Å². The number of rotatable bonds is 8. The van der Waals surface area contributed by atoms with Crippen molar-refractivity contribution >= 4 is 17.6 Å². The fourth-order valence-electron chi connectivity index (χ4n) is 4.51. The number of benzene rings is 2. The van der Waals surface area contributed by atoms with Gasteiger partial charge < -0.3 is 19.5 Å². The minimum Gasteiger partial charge on any atom is -0.460 e. The Kier molecular flexibility index (Phi) is 8.65. The molecule has 0 aliphatic carbocycles. The van der Waals surface area contributed by atoms with Gasteiger partial charge in [0.1, 0.15) is 11.7 Å². The molecular formula is C30H35N5O4. The Morgan fingerprint density at radius 1 is 1.08 bits per heavy atom. The second-order valence-corrected chi connectivity index (χ2v) is 10.7. The summed E-state index contributed by atoms with van der Waals surface area (Å²) in [6, 6.07) is 13.8. The SMILES string of the molecule is CCCNc1ccc(-c2nc(-c3ccc4c(c3)CCN(C(=O)CCC(=O)OC(C)(C)C)CC4)no2)cc1C#N. The number of hydrogen-bond acceptors (Lipinski definition) is 8. The molecule has 204 valence electrons. The largest absolute Gasteiger partial charge is 0.460 e. The predicted octanol–water partition coefficient (Wildman–Crippen LogP) is 5.15. The van der Waals surface area contributed by atoms with E-state index in [1.807, 2.05) is 43.9 Å². The zero-order chi connectivity index (χ0) is 28.0. The van der Waals surface area contributed by atoms with Crippen LogP contribution in [0.4, 0.5) is 5.69 Å². The first kappa shape index (κ1) is 27.8. The van der Waals surface area contributed by atoms with Crippen LogP contribution in [0.1, 0.15) is 63.6 Å². The van der Waals surface area contributed by atoms with E-state index in [2.05, 4.69) is 40.6 Å². The van der Waals surface area contributed by atoms with E-state index < -0.39 is 5.60 Å². The lowest BCUT2D eigenvalue weighted by Crippen LogP contribution is -2.34. The first-order valence-electron chi connectivity index (χ1n) is 13.4. The molecule has 1 aliphatic rings. The van der Waals surface area contributed by atoms with E-state index in [0.29, 0.717) is 42.4 Å². The summed E-state index contributed by atoms with van der Waals surface area (Å²) in [6.45, 7) is 9.49. The number of ether oxygens (including phenoxy) is 1. The van der Waals surface area contributed by atoms with Crippen LogP contribution < -0.4 is 5.32 Å². The molecule has 9 heteroatoms. The van der Waals surface area contributed by atoms with Gasteiger partial charge >= 0.3 is 5.97 Å². The van der Waals surface area contributed by atoms with E-state index in [9.17, 15) is 14.9 Å². The highest BCUT2D eigenvalue weighted by atomic mass is 16.6. The molecule has 0 unspecified atom stereocenters. The summed E-state index contributed by atoms with van der Waals surface area (Å²) in [7, 11) is 0. The number of nitrogens with one attached hydrogen (secondary N) is 1. The number of amides is 1. The van der Waals surface area contributed by atoms with Crippen molar-refractivity contribution in [3.05, 3.63) is 53.1 Å². The van der Waals surface area contributed by atoms with Gasteiger partial charge in [-0.3, -0.25) is 9.59 Å². The Bertz CT molecular complexity index is 1380. The summed E-state index contributed by atoms with van der Waals surface area (Å²) in [6.07, 6.45) is 2.62. The van der Waals surface area contributed by atoms with Crippen LogP contribution in [0.3, 0.4) is 0 Å². The number of carbonyl (C=O) groups is 2. The van der Waals surface area contributed by atoms with Gasteiger partial charge in [-0.2, -0.15) is 10.2 Å². The number of nitrogens with zero attached hydrogens (tertiary/aromatic N) is 4.